The molecule has 0 saturated heterocycles. The molecule has 1 aliphatic heterocycles. The average molecular weight is 277 g/mol. The number of hydrogen-bond acceptors (Lipinski definition) is 1. The first-order chi connectivity index (χ1) is 9.56. The standard InChI is InChI=1S/C14H19NO.2C2H6/c1-5-6-7-12(10(2)3)14-11(4)8-9-13(16)15-14;2*1-2/h5-9,11,14H,1H2,2-4H3,(H,15,16);2*1-2H3/b7-6-;;. The van der Waals surface area contributed by atoms with Crippen molar-refractivity contribution in [2.75, 3.05) is 0 Å². The quantitative estimate of drug-likeness (QED) is 0.737. The van der Waals surface area contributed by atoms with Crippen LogP contribution in [0.4, 0.5) is 0 Å². The zero-order valence-corrected chi connectivity index (χ0v) is 14.2. The number of hydrogen-bond donors (Lipinski definition) is 1. The summed E-state index contributed by atoms with van der Waals surface area (Å²) < 4.78 is 0. The number of amides is 1. The predicted molar refractivity (Wildman–Crippen MR) is 90.6 cm³/mol. The van der Waals surface area contributed by atoms with Crippen LogP contribution in [-0.2, 0) is 4.79 Å². The van der Waals surface area contributed by atoms with Crippen LogP contribution in [0.5, 0.6) is 0 Å². The molecule has 2 nitrogen and oxygen atoms in total. The van der Waals surface area contributed by atoms with Crippen molar-refractivity contribution in [3.8, 4) is 0 Å². The first-order valence-corrected chi connectivity index (χ1v) is 7.51. The minimum Gasteiger partial charge on any atom is -0.345 e. The number of carbonyl (C=O) groups is 1. The zero-order chi connectivity index (χ0) is 16.1. The van der Waals surface area contributed by atoms with Gasteiger partial charge in [-0.3, -0.25) is 4.79 Å². The van der Waals surface area contributed by atoms with E-state index in [9.17, 15) is 4.79 Å². The molecule has 0 aromatic heterocycles. The van der Waals surface area contributed by atoms with Gasteiger partial charge in [0.05, 0.1) is 6.04 Å². The number of allylic oxidation sites excluding steroid dienone is 3. The molecular weight excluding hydrogens is 246 g/mol. The second-order valence-electron chi connectivity index (χ2n) is 4.25. The Labute approximate surface area is 125 Å². The van der Waals surface area contributed by atoms with Gasteiger partial charge in [0.2, 0.25) is 5.91 Å². The zero-order valence-electron chi connectivity index (χ0n) is 14.2. The van der Waals surface area contributed by atoms with E-state index in [2.05, 4.69) is 32.7 Å². The topological polar surface area (TPSA) is 29.1 Å². The second kappa shape index (κ2) is 12.5. The molecule has 0 aromatic rings. The van der Waals surface area contributed by atoms with E-state index in [4.69, 9.17) is 0 Å². The number of nitrogens with one attached hydrogen (secondary N) is 1. The van der Waals surface area contributed by atoms with E-state index in [0.29, 0.717) is 5.92 Å². The summed E-state index contributed by atoms with van der Waals surface area (Å²) in [4.78, 5) is 11.4. The van der Waals surface area contributed by atoms with E-state index in [1.165, 1.54) is 5.57 Å². The maximum atomic E-state index is 11.4. The molecule has 0 bridgehead atoms. The molecule has 0 aliphatic carbocycles. The highest BCUT2D eigenvalue weighted by molar-refractivity contribution is 5.89. The lowest BCUT2D eigenvalue weighted by Crippen LogP contribution is -2.42. The molecule has 0 fully saturated rings. The Bertz CT molecular complexity index is 371. The predicted octanol–water partition coefficient (Wildman–Crippen LogP) is 4.81. The van der Waals surface area contributed by atoms with Crippen molar-refractivity contribution < 1.29 is 4.79 Å². The summed E-state index contributed by atoms with van der Waals surface area (Å²) in [7, 11) is 0. The average Bonchev–Trinajstić information content (AvgIpc) is 2.47. The third kappa shape index (κ3) is 7.13. The number of carbonyl (C=O) groups excluding carboxylic acids is 1. The van der Waals surface area contributed by atoms with Gasteiger partial charge in [-0.2, -0.15) is 0 Å². The number of rotatable bonds is 3. The molecule has 0 aromatic carbocycles. The van der Waals surface area contributed by atoms with Gasteiger partial charge in [-0.25, -0.2) is 0 Å². The van der Waals surface area contributed by atoms with E-state index in [0.717, 1.165) is 5.57 Å². The molecule has 1 amide bonds. The van der Waals surface area contributed by atoms with Gasteiger partial charge in [0.15, 0.2) is 0 Å². The Kier molecular flexibility index (Phi) is 12.9. The van der Waals surface area contributed by atoms with Gasteiger partial charge >= 0.3 is 0 Å². The first-order valence-electron chi connectivity index (χ1n) is 7.51. The highest BCUT2D eigenvalue weighted by Gasteiger charge is 2.23. The lowest BCUT2D eigenvalue weighted by atomic mass is 9.89. The molecule has 114 valence electrons. The minimum atomic E-state index is -0.0196. The summed E-state index contributed by atoms with van der Waals surface area (Å²) >= 11 is 0. The maximum Gasteiger partial charge on any atom is 0.244 e. The van der Waals surface area contributed by atoms with Crippen LogP contribution in [0.15, 0.2) is 48.1 Å². The van der Waals surface area contributed by atoms with E-state index in [1.807, 2.05) is 45.9 Å². The van der Waals surface area contributed by atoms with Gasteiger partial charge in [0.1, 0.15) is 0 Å². The van der Waals surface area contributed by atoms with Gasteiger partial charge in [-0.05, 0) is 31.4 Å². The third-order valence-electron chi connectivity index (χ3n) is 2.70. The van der Waals surface area contributed by atoms with Gasteiger partial charge < -0.3 is 5.32 Å². The fraction of sp³-hybridized carbons (Fsp3) is 0.500. The lowest BCUT2D eigenvalue weighted by Gasteiger charge is -2.28. The van der Waals surface area contributed by atoms with Crippen LogP contribution in [0.3, 0.4) is 0 Å². The Balaban J connectivity index is 0. The smallest absolute Gasteiger partial charge is 0.244 e. The largest absolute Gasteiger partial charge is 0.345 e. The lowest BCUT2D eigenvalue weighted by molar-refractivity contribution is -0.117. The van der Waals surface area contributed by atoms with E-state index in [-0.39, 0.29) is 11.9 Å². The van der Waals surface area contributed by atoms with Crippen LogP contribution in [0.1, 0.15) is 48.5 Å². The molecule has 2 atom stereocenters. The fourth-order valence-electron chi connectivity index (χ4n) is 1.80. The van der Waals surface area contributed by atoms with Crippen LogP contribution in [0.25, 0.3) is 0 Å². The van der Waals surface area contributed by atoms with E-state index < -0.39 is 0 Å². The van der Waals surface area contributed by atoms with Gasteiger partial charge in [-0.15, -0.1) is 0 Å². The summed E-state index contributed by atoms with van der Waals surface area (Å²) in [6, 6.07) is 0.0682. The Morgan fingerprint density at radius 2 is 1.80 bits per heavy atom. The molecule has 20 heavy (non-hydrogen) atoms. The van der Waals surface area contributed by atoms with Crippen molar-refractivity contribution in [3.05, 3.63) is 48.1 Å². The monoisotopic (exact) mass is 277 g/mol. The van der Waals surface area contributed by atoms with Crippen molar-refractivity contribution in [1.29, 1.82) is 0 Å². The molecule has 0 spiro atoms. The molecule has 2 unspecified atom stereocenters. The third-order valence-corrected chi connectivity index (χ3v) is 2.70. The molecule has 0 saturated carbocycles. The Morgan fingerprint density at radius 3 is 2.25 bits per heavy atom. The first kappa shape index (κ1) is 20.7. The van der Waals surface area contributed by atoms with Crippen molar-refractivity contribution in [2.24, 2.45) is 5.92 Å². The van der Waals surface area contributed by atoms with Gasteiger partial charge in [0.25, 0.3) is 0 Å². The SMILES string of the molecule is C=C/C=C\C(=C(C)C)C1NC(=O)C=CC1C.CC.CC. The molecule has 2 heteroatoms. The minimum absolute atomic E-state index is 0.0196. The van der Waals surface area contributed by atoms with Crippen LogP contribution in [0, 0.1) is 5.92 Å². The van der Waals surface area contributed by atoms with Gasteiger partial charge in [0, 0.05) is 0 Å². The fourth-order valence-corrected chi connectivity index (χ4v) is 1.80. The Hall–Kier alpha value is -1.57. The molecule has 1 aliphatic rings. The molecule has 1 N–H and O–H groups in total. The molecule has 1 heterocycles. The van der Waals surface area contributed by atoms with Crippen molar-refractivity contribution in [3.63, 3.8) is 0 Å². The second-order valence-corrected chi connectivity index (χ2v) is 4.25. The molecule has 0 radical (unpaired) electrons. The molecular formula is C18H31NO. The van der Waals surface area contributed by atoms with Crippen LogP contribution >= 0.6 is 0 Å². The van der Waals surface area contributed by atoms with Crippen LogP contribution in [-0.4, -0.2) is 11.9 Å². The summed E-state index contributed by atoms with van der Waals surface area (Å²) in [6.07, 6.45) is 9.21. The summed E-state index contributed by atoms with van der Waals surface area (Å²) in [6.45, 7) is 17.9. The summed E-state index contributed by atoms with van der Waals surface area (Å²) in [5.74, 6) is 0.297. The summed E-state index contributed by atoms with van der Waals surface area (Å²) in [5.41, 5.74) is 2.37. The van der Waals surface area contributed by atoms with Crippen molar-refractivity contribution in [1.82, 2.24) is 5.32 Å². The van der Waals surface area contributed by atoms with E-state index >= 15 is 0 Å². The van der Waals surface area contributed by atoms with Gasteiger partial charge in [-0.1, -0.05) is 71.1 Å². The van der Waals surface area contributed by atoms with Crippen molar-refractivity contribution >= 4 is 5.91 Å². The summed E-state index contributed by atoms with van der Waals surface area (Å²) in [5, 5.41) is 2.99. The highest BCUT2D eigenvalue weighted by atomic mass is 16.1. The highest BCUT2D eigenvalue weighted by Crippen LogP contribution is 2.21. The maximum absolute atomic E-state index is 11.4. The Morgan fingerprint density at radius 1 is 1.25 bits per heavy atom. The normalized spacial score (nSPS) is 20.1. The van der Waals surface area contributed by atoms with Crippen LogP contribution in [0.2, 0.25) is 0 Å². The molecule has 1 rings (SSSR count). The van der Waals surface area contributed by atoms with Crippen molar-refractivity contribution in [2.45, 2.75) is 54.5 Å². The van der Waals surface area contributed by atoms with E-state index in [1.54, 1.807) is 12.2 Å². The van der Waals surface area contributed by atoms with Crippen LogP contribution < -0.4 is 5.32 Å².